The molecule has 12 nitrogen and oxygen atoms in total. The quantitative estimate of drug-likeness (QED) is 0.145. The van der Waals surface area contributed by atoms with Crippen molar-refractivity contribution in [1.29, 1.82) is 0 Å². The molecular weight excluding hydrogens is 854 g/mol. The molecule has 4 N–H and O–H groups in total. The summed E-state index contributed by atoms with van der Waals surface area (Å²) in [5, 5.41) is 13.3. The smallest absolute Gasteiger partial charge is 0.161 e. The van der Waals surface area contributed by atoms with Gasteiger partial charge in [-0.1, -0.05) is 0 Å². The van der Waals surface area contributed by atoms with Gasteiger partial charge in [0.25, 0.3) is 0 Å². The molecule has 0 aliphatic carbocycles. The Morgan fingerprint density at radius 3 is 0.567 bits per heavy atom. The molecule has 4 aliphatic rings. The Morgan fingerprint density at radius 1 is 0.267 bits per heavy atom. The third kappa shape index (κ3) is 14.2. The third-order valence-corrected chi connectivity index (χ3v) is 10.4. The highest BCUT2D eigenvalue weighted by atomic mass is 35.5. The van der Waals surface area contributed by atoms with Crippen LogP contribution in [0.25, 0.3) is 0 Å². The van der Waals surface area contributed by atoms with E-state index in [-0.39, 0.29) is 49.6 Å². The largest absolute Gasteiger partial charge is 0.493 e. The standard InChI is InChI=1S/4C11H15NO2.4ClH/c4*1-13-10-5-8-3-4-12-7-9(8)6-11(10)14-2;;;;/h4*5-6,12H,3-4,7H2,1-2H3;4*1H. The molecule has 8 rings (SSSR count). The number of hydrogen-bond acceptors (Lipinski definition) is 12. The molecular formula is C44H64Cl4N4O8. The minimum atomic E-state index is 0. The van der Waals surface area contributed by atoms with Gasteiger partial charge in [-0.15, -0.1) is 49.6 Å². The fraction of sp³-hybridized carbons (Fsp3) is 0.455. The van der Waals surface area contributed by atoms with Gasteiger partial charge in [0, 0.05) is 26.2 Å². The summed E-state index contributed by atoms with van der Waals surface area (Å²) in [6.07, 6.45) is 4.26. The van der Waals surface area contributed by atoms with Crippen LogP contribution in [0.3, 0.4) is 0 Å². The molecule has 0 aromatic heterocycles. The molecule has 4 heterocycles. The van der Waals surface area contributed by atoms with Crippen molar-refractivity contribution in [2.45, 2.75) is 51.9 Å². The Bertz CT molecular complexity index is 1460. The van der Waals surface area contributed by atoms with Crippen molar-refractivity contribution in [3.05, 3.63) is 93.0 Å². The molecule has 0 unspecified atom stereocenters. The lowest BCUT2D eigenvalue weighted by atomic mass is 10.0. The summed E-state index contributed by atoms with van der Waals surface area (Å²) < 4.78 is 42.0. The number of halogens is 4. The minimum Gasteiger partial charge on any atom is -0.493 e. The highest BCUT2D eigenvalue weighted by molar-refractivity contribution is 5.86. The van der Waals surface area contributed by atoms with E-state index in [2.05, 4.69) is 69.8 Å². The number of fused-ring (bicyclic) bond motifs is 4. The van der Waals surface area contributed by atoms with E-state index in [4.69, 9.17) is 37.9 Å². The van der Waals surface area contributed by atoms with Gasteiger partial charge in [-0.2, -0.15) is 0 Å². The van der Waals surface area contributed by atoms with Crippen molar-refractivity contribution < 1.29 is 37.9 Å². The van der Waals surface area contributed by atoms with Crippen molar-refractivity contribution in [2.24, 2.45) is 0 Å². The number of rotatable bonds is 8. The first-order valence-corrected chi connectivity index (χ1v) is 19.2. The van der Waals surface area contributed by atoms with E-state index >= 15 is 0 Å². The number of ether oxygens (including phenoxy) is 8. The monoisotopic (exact) mass is 916 g/mol. The molecule has 0 saturated carbocycles. The minimum absolute atomic E-state index is 0. The first-order chi connectivity index (χ1) is 27.4. The lowest BCUT2D eigenvalue weighted by Crippen LogP contribution is -2.23. The summed E-state index contributed by atoms with van der Waals surface area (Å²) in [4.78, 5) is 0. The number of hydrogen-bond donors (Lipinski definition) is 4. The maximum atomic E-state index is 5.26. The van der Waals surface area contributed by atoms with Crippen LogP contribution >= 0.6 is 49.6 Å². The predicted molar refractivity (Wildman–Crippen MR) is 249 cm³/mol. The van der Waals surface area contributed by atoms with Gasteiger partial charge in [-0.25, -0.2) is 0 Å². The second-order valence-corrected chi connectivity index (χ2v) is 13.6. The van der Waals surface area contributed by atoms with Gasteiger partial charge < -0.3 is 59.2 Å². The predicted octanol–water partition coefficient (Wildman–Crippen LogP) is 7.09. The van der Waals surface area contributed by atoms with Crippen molar-refractivity contribution in [1.82, 2.24) is 21.3 Å². The molecule has 0 radical (unpaired) electrons. The molecule has 0 atom stereocenters. The van der Waals surface area contributed by atoms with E-state index < -0.39 is 0 Å². The zero-order valence-electron chi connectivity index (χ0n) is 36.0. The van der Waals surface area contributed by atoms with Crippen LogP contribution in [0.15, 0.2) is 48.5 Å². The van der Waals surface area contributed by atoms with Gasteiger partial charge in [0.1, 0.15) is 0 Å². The summed E-state index contributed by atoms with van der Waals surface area (Å²) in [5.74, 6) is 6.57. The zero-order valence-corrected chi connectivity index (χ0v) is 39.3. The van der Waals surface area contributed by atoms with E-state index in [1.807, 2.05) is 0 Å². The normalized spacial score (nSPS) is 13.7. The molecule has 336 valence electrons. The lowest BCUT2D eigenvalue weighted by Gasteiger charge is -2.19. The molecule has 4 aromatic carbocycles. The topological polar surface area (TPSA) is 122 Å². The average molecular weight is 919 g/mol. The third-order valence-electron chi connectivity index (χ3n) is 10.4. The molecule has 0 fully saturated rings. The molecule has 4 aliphatic heterocycles. The zero-order chi connectivity index (χ0) is 39.9. The summed E-state index contributed by atoms with van der Waals surface area (Å²) >= 11 is 0. The maximum absolute atomic E-state index is 5.26. The van der Waals surface area contributed by atoms with Crippen LogP contribution in [0.5, 0.6) is 46.0 Å². The number of methoxy groups -OCH3 is 8. The van der Waals surface area contributed by atoms with Crippen LogP contribution in [0.4, 0.5) is 0 Å². The van der Waals surface area contributed by atoms with Crippen molar-refractivity contribution in [3.8, 4) is 46.0 Å². The Kier molecular flexibility index (Phi) is 25.3. The lowest BCUT2D eigenvalue weighted by molar-refractivity contribution is 0.353. The molecule has 0 bridgehead atoms. The first-order valence-electron chi connectivity index (χ1n) is 19.2. The summed E-state index contributed by atoms with van der Waals surface area (Å²) in [7, 11) is 13.4. The van der Waals surface area contributed by atoms with E-state index in [9.17, 15) is 0 Å². The summed E-state index contributed by atoms with van der Waals surface area (Å²) in [6.45, 7) is 7.88. The Labute approximate surface area is 381 Å². The van der Waals surface area contributed by atoms with Gasteiger partial charge in [0.05, 0.1) is 56.9 Å². The van der Waals surface area contributed by atoms with Crippen LogP contribution in [-0.2, 0) is 51.9 Å². The number of benzene rings is 4. The highest BCUT2D eigenvalue weighted by Gasteiger charge is 2.17. The van der Waals surface area contributed by atoms with Crippen LogP contribution < -0.4 is 59.2 Å². The van der Waals surface area contributed by atoms with Crippen molar-refractivity contribution in [3.63, 3.8) is 0 Å². The molecule has 60 heavy (non-hydrogen) atoms. The molecule has 4 aromatic rings. The SMILES string of the molecule is COc1cc2c(cc1OC)CNCC2.COc1cc2c(cc1OC)CNCC2.COc1cc2c(cc1OC)CNCC2.COc1cc2c(cc1OC)CNCC2.Cl.Cl.Cl.Cl. The van der Waals surface area contributed by atoms with Crippen LogP contribution in [0.2, 0.25) is 0 Å². The average Bonchev–Trinajstić information content (AvgIpc) is 3.27. The maximum Gasteiger partial charge on any atom is 0.161 e. The summed E-state index contributed by atoms with van der Waals surface area (Å²) in [6, 6.07) is 16.5. The molecule has 16 heteroatoms. The van der Waals surface area contributed by atoms with E-state index in [0.29, 0.717) is 0 Å². The Morgan fingerprint density at radius 2 is 0.417 bits per heavy atom. The van der Waals surface area contributed by atoms with E-state index in [1.54, 1.807) is 56.9 Å². The fourth-order valence-corrected chi connectivity index (χ4v) is 7.23. The molecule has 0 spiro atoms. The van der Waals surface area contributed by atoms with Gasteiger partial charge in [-0.3, -0.25) is 0 Å². The van der Waals surface area contributed by atoms with Gasteiger partial charge in [-0.05, 0) is 145 Å². The van der Waals surface area contributed by atoms with Gasteiger partial charge >= 0.3 is 0 Å². The van der Waals surface area contributed by atoms with Crippen LogP contribution in [0.1, 0.15) is 44.5 Å². The first kappa shape index (κ1) is 54.3. The highest BCUT2D eigenvalue weighted by Crippen LogP contribution is 2.34. The molecule has 0 saturated heterocycles. The van der Waals surface area contributed by atoms with Gasteiger partial charge in [0.15, 0.2) is 46.0 Å². The second kappa shape index (κ2) is 28.0. The van der Waals surface area contributed by atoms with Crippen molar-refractivity contribution in [2.75, 3.05) is 83.1 Å². The Balaban J connectivity index is 0.000000391. The van der Waals surface area contributed by atoms with Gasteiger partial charge in [0.2, 0.25) is 0 Å². The molecule has 0 amide bonds. The van der Waals surface area contributed by atoms with Crippen molar-refractivity contribution >= 4 is 49.6 Å². The van der Waals surface area contributed by atoms with Crippen LogP contribution in [0, 0.1) is 0 Å². The second-order valence-electron chi connectivity index (χ2n) is 13.6. The van der Waals surface area contributed by atoms with E-state index in [0.717, 1.165) is 124 Å². The fourth-order valence-electron chi connectivity index (χ4n) is 7.23. The number of nitrogens with one attached hydrogen (secondary N) is 4. The van der Waals surface area contributed by atoms with Crippen LogP contribution in [-0.4, -0.2) is 83.1 Å². The van der Waals surface area contributed by atoms with E-state index in [1.165, 1.54) is 44.5 Å². The Hall–Kier alpha value is -3.72. The summed E-state index contributed by atoms with van der Waals surface area (Å²) in [5.41, 5.74) is 10.7.